The summed E-state index contributed by atoms with van der Waals surface area (Å²) in [5.41, 5.74) is 1.12. The Bertz CT molecular complexity index is 675. The summed E-state index contributed by atoms with van der Waals surface area (Å²) in [6.45, 7) is 8.97. The van der Waals surface area contributed by atoms with E-state index in [0.29, 0.717) is 36.7 Å². The lowest BCUT2D eigenvalue weighted by molar-refractivity contribution is -0.126. The fourth-order valence-corrected chi connectivity index (χ4v) is 4.46. The summed E-state index contributed by atoms with van der Waals surface area (Å²) in [7, 11) is -3.48. The summed E-state index contributed by atoms with van der Waals surface area (Å²) in [6, 6.07) is 7.29. The first kappa shape index (κ1) is 19.9. The zero-order chi connectivity index (χ0) is 18.6. The van der Waals surface area contributed by atoms with Gasteiger partial charge in [-0.2, -0.15) is 4.31 Å². The van der Waals surface area contributed by atoms with Gasteiger partial charge in [-0.25, -0.2) is 8.42 Å². The fraction of sp³-hybridized carbons (Fsp3) is 0.632. The van der Waals surface area contributed by atoms with Crippen molar-refractivity contribution >= 4 is 15.9 Å². The maximum atomic E-state index is 12.8. The quantitative estimate of drug-likeness (QED) is 0.841. The first-order valence-corrected chi connectivity index (χ1v) is 10.6. The minimum Gasteiger partial charge on any atom is -0.353 e. The highest BCUT2D eigenvalue weighted by Gasteiger charge is 2.32. The van der Waals surface area contributed by atoms with Crippen LogP contribution in [-0.4, -0.2) is 37.8 Å². The van der Waals surface area contributed by atoms with Crippen molar-refractivity contribution in [1.29, 1.82) is 0 Å². The molecule has 140 valence electrons. The number of carbonyl (C=O) groups excluding carboxylic acids is 1. The van der Waals surface area contributed by atoms with Gasteiger partial charge in [0.15, 0.2) is 0 Å². The lowest BCUT2D eigenvalue weighted by Crippen LogP contribution is -2.44. The second-order valence-corrected chi connectivity index (χ2v) is 9.16. The summed E-state index contributed by atoms with van der Waals surface area (Å²) < 4.78 is 27.1. The number of carbonyl (C=O) groups is 1. The lowest BCUT2D eigenvalue weighted by atomic mass is 9.97. The van der Waals surface area contributed by atoms with E-state index in [1.807, 2.05) is 26.0 Å². The molecule has 1 heterocycles. The molecule has 6 heteroatoms. The average molecular weight is 367 g/mol. The Morgan fingerprint density at radius 2 is 1.72 bits per heavy atom. The largest absolute Gasteiger partial charge is 0.353 e. The number of sulfonamides is 1. The number of hydrogen-bond donors (Lipinski definition) is 1. The highest BCUT2D eigenvalue weighted by molar-refractivity contribution is 7.89. The summed E-state index contributed by atoms with van der Waals surface area (Å²) in [5, 5.41) is 2.99. The lowest BCUT2D eigenvalue weighted by Gasteiger charge is -2.31. The van der Waals surface area contributed by atoms with Crippen LogP contribution in [0.5, 0.6) is 0 Å². The number of nitrogens with one attached hydrogen (secondary N) is 1. The molecule has 0 aromatic heterocycles. The molecule has 0 spiro atoms. The smallest absolute Gasteiger partial charge is 0.243 e. The Kier molecular flexibility index (Phi) is 6.63. The summed E-state index contributed by atoms with van der Waals surface area (Å²) in [6.07, 6.45) is 2.04. The SMILES string of the molecule is CCC(C)NC(=O)C1CCN(S(=O)(=O)c2ccc(C(C)C)cc2)CC1. The third-order valence-corrected chi connectivity index (χ3v) is 6.92. The molecule has 0 radical (unpaired) electrons. The minimum absolute atomic E-state index is 0.0488. The van der Waals surface area contributed by atoms with Crippen molar-refractivity contribution < 1.29 is 13.2 Å². The predicted octanol–water partition coefficient (Wildman–Crippen LogP) is 3.13. The Balaban J connectivity index is 2.00. The van der Waals surface area contributed by atoms with Crippen molar-refractivity contribution in [2.45, 2.75) is 63.8 Å². The molecule has 1 aromatic rings. The van der Waals surface area contributed by atoms with Gasteiger partial charge in [-0.1, -0.05) is 32.9 Å². The molecule has 1 N–H and O–H groups in total. The first-order chi connectivity index (χ1) is 11.8. The van der Waals surface area contributed by atoms with E-state index >= 15 is 0 Å². The van der Waals surface area contributed by atoms with Crippen LogP contribution in [0, 0.1) is 5.92 Å². The highest BCUT2D eigenvalue weighted by atomic mass is 32.2. The van der Waals surface area contributed by atoms with Gasteiger partial charge in [-0.3, -0.25) is 4.79 Å². The molecule has 1 fully saturated rings. The van der Waals surface area contributed by atoms with Crippen molar-refractivity contribution in [3.05, 3.63) is 29.8 Å². The maximum Gasteiger partial charge on any atom is 0.243 e. The number of rotatable bonds is 6. The molecule has 5 nitrogen and oxygen atoms in total. The van der Waals surface area contributed by atoms with Gasteiger partial charge in [0.25, 0.3) is 0 Å². The molecule has 1 aliphatic rings. The van der Waals surface area contributed by atoms with Crippen molar-refractivity contribution in [3.63, 3.8) is 0 Å². The van der Waals surface area contributed by atoms with E-state index < -0.39 is 10.0 Å². The molecule has 1 saturated heterocycles. The number of piperidine rings is 1. The average Bonchev–Trinajstić information content (AvgIpc) is 2.61. The molecule has 1 aromatic carbocycles. The van der Waals surface area contributed by atoms with E-state index in [2.05, 4.69) is 19.2 Å². The number of amides is 1. The molecule has 0 saturated carbocycles. The van der Waals surface area contributed by atoms with Crippen molar-refractivity contribution in [2.24, 2.45) is 5.92 Å². The van der Waals surface area contributed by atoms with Gasteiger partial charge in [-0.15, -0.1) is 0 Å². The normalized spacial score (nSPS) is 18.3. The Morgan fingerprint density at radius 3 is 2.20 bits per heavy atom. The molecule has 1 unspecified atom stereocenters. The van der Waals surface area contributed by atoms with Crippen molar-refractivity contribution in [3.8, 4) is 0 Å². The van der Waals surface area contributed by atoms with Gasteiger partial charge in [0.05, 0.1) is 4.90 Å². The molecule has 2 rings (SSSR count). The standard InChI is InChI=1S/C19H30N2O3S/c1-5-15(4)20-19(22)17-10-12-21(13-11-17)25(23,24)18-8-6-16(7-9-18)14(2)3/h6-9,14-15,17H,5,10-13H2,1-4H3,(H,20,22). The van der Waals surface area contributed by atoms with Crippen molar-refractivity contribution in [2.75, 3.05) is 13.1 Å². The monoisotopic (exact) mass is 366 g/mol. The van der Waals surface area contributed by atoms with Gasteiger partial charge >= 0.3 is 0 Å². The summed E-state index contributed by atoms with van der Waals surface area (Å²) >= 11 is 0. The Morgan fingerprint density at radius 1 is 1.16 bits per heavy atom. The van der Waals surface area contributed by atoms with Gasteiger partial charge < -0.3 is 5.32 Å². The van der Waals surface area contributed by atoms with Crippen LogP contribution >= 0.6 is 0 Å². The molecule has 1 aliphatic heterocycles. The molecule has 1 atom stereocenters. The third-order valence-electron chi connectivity index (χ3n) is 5.01. The van der Waals surface area contributed by atoms with E-state index in [1.165, 1.54) is 4.31 Å². The van der Waals surface area contributed by atoms with Gasteiger partial charge in [0.1, 0.15) is 0 Å². The van der Waals surface area contributed by atoms with E-state index in [9.17, 15) is 13.2 Å². The van der Waals surface area contributed by atoms with Gasteiger partial charge in [0, 0.05) is 25.0 Å². The number of hydrogen-bond acceptors (Lipinski definition) is 3. The van der Waals surface area contributed by atoms with Crippen LogP contribution in [0.1, 0.15) is 58.4 Å². The summed E-state index contributed by atoms with van der Waals surface area (Å²) in [5.74, 6) is 0.327. The Labute approximate surface area is 151 Å². The van der Waals surface area contributed by atoms with Crippen LogP contribution in [0.2, 0.25) is 0 Å². The van der Waals surface area contributed by atoms with Gasteiger partial charge in [0.2, 0.25) is 15.9 Å². The molecule has 0 aliphatic carbocycles. The van der Waals surface area contributed by atoms with Crippen LogP contribution in [0.25, 0.3) is 0 Å². The first-order valence-electron chi connectivity index (χ1n) is 9.16. The zero-order valence-electron chi connectivity index (χ0n) is 15.7. The third kappa shape index (κ3) is 4.82. The van der Waals surface area contributed by atoms with E-state index in [1.54, 1.807) is 12.1 Å². The van der Waals surface area contributed by atoms with E-state index in [0.717, 1.165) is 12.0 Å². The van der Waals surface area contributed by atoms with Crippen LogP contribution in [0.4, 0.5) is 0 Å². The van der Waals surface area contributed by atoms with Gasteiger partial charge in [-0.05, 0) is 49.8 Å². The fourth-order valence-electron chi connectivity index (χ4n) is 2.99. The second kappa shape index (κ2) is 8.32. The molecule has 1 amide bonds. The van der Waals surface area contributed by atoms with E-state index in [4.69, 9.17) is 0 Å². The number of benzene rings is 1. The van der Waals surface area contributed by atoms with Crippen molar-refractivity contribution in [1.82, 2.24) is 9.62 Å². The minimum atomic E-state index is -3.48. The number of nitrogens with zero attached hydrogens (tertiary/aromatic N) is 1. The molecule has 25 heavy (non-hydrogen) atoms. The van der Waals surface area contributed by atoms with Crippen LogP contribution in [0.3, 0.4) is 0 Å². The highest BCUT2D eigenvalue weighted by Crippen LogP contribution is 2.25. The molecular formula is C19H30N2O3S. The topological polar surface area (TPSA) is 66.5 Å². The molecule has 0 bridgehead atoms. The van der Waals surface area contributed by atoms with Crippen LogP contribution < -0.4 is 5.32 Å². The zero-order valence-corrected chi connectivity index (χ0v) is 16.5. The summed E-state index contributed by atoms with van der Waals surface area (Å²) in [4.78, 5) is 12.5. The Hall–Kier alpha value is -1.40. The van der Waals surface area contributed by atoms with E-state index in [-0.39, 0.29) is 17.9 Å². The predicted molar refractivity (Wildman–Crippen MR) is 99.9 cm³/mol. The maximum absolute atomic E-state index is 12.8. The van der Waals surface area contributed by atoms with Crippen LogP contribution in [0.15, 0.2) is 29.2 Å². The second-order valence-electron chi connectivity index (χ2n) is 7.22. The van der Waals surface area contributed by atoms with Crippen LogP contribution in [-0.2, 0) is 14.8 Å². The molecular weight excluding hydrogens is 336 g/mol.